The zero-order valence-electron chi connectivity index (χ0n) is 18.3. The maximum Gasteiger partial charge on any atom is 0.265 e. The molecule has 2 atom stereocenters. The normalized spacial score (nSPS) is 19.8. The summed E-state index contributed by atoms with van der Waals surface area (Å²) in [5.41, 5.74) is 4.35. The minimum Gasteiger partial charge on any atom is -0.481 e. The molecular weight excluding hydrogens is 388 g/mol. The summed E-state index contributed by atoms with van der Waals surface area (Å²) in [6.45, 7) is 7.55. The van der Waals surface area contributed by atoms with E-state index < -0.39 is 0 Å². The average molecular weight is 417 g/mol. The minimum atomic E-state index is -0.0429. The van der Waals surface area contributed by atoms with E-state index in [1.165, 1.54) is 5.56 Å². The number of aromatic nitrogens is 3. The summed E-state index contributed by atoms with van der Waals surface area (Å²) in [4.78, 5) is 14.6. The summed E-state index contributed by atoms with van der Waals surface area (Å²) in [6, 6.07) is 14.7. The Balaban J connectivity index is 1.45. The molecule has 0 bridgehead atoms. The smallest absolute Gasteiger partial charge is 0.265 e. The summed E-state index contributed by atoms with van der Waals surface area (Å²) >= 11 is 0. The van der Waals surface area contributed by atoms with Crippen molar-refractivity contribution < 1.29 is 9.53 Å². The third-order valence-corrected chi connectivity index (χ3v) is 6.28. The Morgan fingerprint density at radius 2 is 1.90 bits per heavy atom. The molecule has 1 amide bonds. The number of aryl methyl sites for hydroxylation is 2. The van der Waals surface area contributed by atoms with Gasteiger partial charge in [-0.2, -0.15) is 0 Å². The number of ether oxygens (including phenoxy) is 1. The van der Waals surface area contributed by atoms with Crippen LogP contribution in [0.2, 0.25) is 0 Å². The van der Waals surface area contributed by atoms with Gasteiger partial charge in [0.1, 0.15) is 11.6 Å². The summed E-state index contributed by atoms with van der Waals surface area (Å²) in [5.74, 6) is 3.54. The molecule has 31 heavy (non-hydrogen) atoms. The highest BCUT2D eigenvalue weighted by Gasteiger charge is 2.43. The quantitative estimate of drug-likeness (QED) is 0.594. The Hall–Kier alpha value is -3.15. The van der Waals surface area contributed by atoms with E-state index in [0.717, 1.165) is 53.6 Å². The number of fused-ring (bicyclic) bond motifs is 1. The van der Waals surface area contributed by atoms with Gasteiger partial charge in [0.2, 0.25) is 0 Å². The van der Waals surface area contributed by atoms with Crippen molar-refractivity contribution in [2.75, 3.05) is 11.5 Å². The molecule has 1 aliphatic carbocycles. The minimum absolute atomic E-state index is 0.0429. The van der Waals surface area contributed by atoms with Gasteiger partial charge in [-0.1, -0.05) is 43.3 Å². The van der Waals surface area contributed by atoms with Gasteiger partial charge in [0.25, 0.3) is 5.91 Å². The molecule has 6 nitrogen and oxygen atoms in total. The molecule has 0 spiro atoms. The van der Waals surface area contributed by atoms with Crippen LogP contribution in [0.15, 0.2) is 42.5 Å². The van der Waals surface area contributed by atoms with Gasteiger partial charge in [-0.25, -0.2) is 0 Å². The summed E-state index contributed by atoms with van der Waals surface area (Å²) in [7, 11) is 0. The molecule has 0 unspecified atom stereocenters. The number of amides is 1. The molecule has 0 N–H and O–H groups in total. The Kier molecular flexibility index (Phi) is 5.00. The van der Waals surface area contributed by atoms with Crippen LogP contribution in [-0.2, 0) is 17.9 Å². The highest BCUT2D eigenvalue weighted by molar-refractivity contribution is 5.98. The van der Waals surface area contributed by atoms with Gasteiger partial charge in [0.05, 0.1) is 12.2 Å². The van der Waals surface area contributed by atoms with Crippen LogP contribution in [0.3, 0.4) is 0 Å². The fourth-order valence-electron chi connectivity index (χ4n) is 4.74. The second kappa shape index (κ2) is 7.84. The van der Waals surface area contributed by atoms with Crippen molar-refractivity contribution in [1.29, 1.82) is 0 Å². The highest BCUT2D eigenvalue weighted by atomic mass is 16.5. The SMILES string of the molecule is CCCn1c(CN2C(=O)COc3c(C)cc(C)cc32)nnc1[C@@H]1C[C@H]1c1ccccc1. The Morgan fingerprint density at radius 1 is 1.10 bits per heavy atom. The lowest BCUT2D eigenvalue weighted by molar-refractivity contribution is -0.121. The van der Waals surface area contributed by atoms with Crippen LogP contribution in [0, 0.1) is 13.8 Å². The number of nitrogens with zero attached hydrogens (tertiary/aromatic N) is 4. The average Bonchev–Trinajstić information content (AvgIpc) is 3.46. The lowest BCUT2D eigenvalue weighted by Crippen LogP contribution is -2.39. The first-order chi connectivity index (χ1) is 15.1. The number of rotatable bonds is 6. The predicted octanol–water partition coefficient (Wildman–Crippen LogP) is 4.50. The number of benzene rings is 2. The van der Waals surface area contributed by atoms with Crippen molar-refractivity contribution in [2.45, 2.75) is 58.5 Å². The van der Waals surface area contributed by atoms with Crippen molar-refractivity contribution in [3.63, 3.8) is 0 Å². The zero-order chi connectivity index (χ0) is 21.5. The van der Waals surface area contributed by atoms with Crippen LogP contribution in [0.4, 0.5) is 5.69 Å². The van der Waals surface area contributed by atoms with Crippen LogP contribution in [-0.4, -0.2) is 27.3 Å². The van der Waals surface area contributed by atoms with Gasteiger partial charge in [0.15, 0.2) is 12.4 Å². The second-order valence-electron chi connectivity index (χ2n) is 8.68. The Morgan fingerprint density at radius 3 is 2.68 bits per heavy atom. The molecule has 1 aliphatic heterocycles. The predicted molar refractivity (Wildman–Crippen MR) is 119 cm³/mol. The largest absolute Gasteiger partial charge is 0.481 e. The number of hydrogen-bond acceptors (Lipinski definition) is 4. The first kappa shape index (κ1) is 19.8. The van der Waals surface area contributed by atoms with E-state index in [0.29, 0.717) is 18.4 Å². The van der Waals surface area contributed by atoms with Gasteiger partial charge in [-0.3, -0.25) is 9.69 Å². The van der Waals surface area contributed by atoms with Gasteiger partial charge in [0, 0.05) is 12.5 Å². The first-order valence-electron chi connectivity index (χ1n) is 11.1. The Bertz CT molecular complexity index is 1120. The molecule has 0 radical (unpaired) electrons. The maximum atomic E-state index is 12.8. The molecule has 2 aromatic carbocycles. The van der Waals surface area contributed by atoms with Crippen molar-refractivity contribution in [1.82, 2.24) is 14.8 Å². The van der Waals surface area contributed by atoms with Gasteiger partial charge in [-0.05, 0) is 55.4 Å². The standard InChI is InChI=1S/C25H28N4O2/c1-4-10-28-22(26-27-25(28)20-13-19(20)18-8-6-5-7-9-18)14-29-21-12-16(2)11-17(3)24(21)31-15-23(29)30/h5-9,11-12,19-20H,4,10,13-15H2,1-3H3/t19-,20+/m0/s1. The topological polar surface area (TPSA) is 60.2 Å². The van der Waals surface area contributed by atoms with E-state index in [1.54, 1.807) is 4.90 Å². The van der Waals surface area contributed by atoms with E-state index in [9.17, 15) is 4.79 Å². The van der Waals surface area contributed by atoms with Crippen LogP contribution in [0.25, 0.3) is 0 Å². The van der Waals surface area contributed by atoms with Crippen LogP contribution in [0.5, 0.6) is 5.75 Å². The molecule has 160 valence electrons. The molecular formula is C25H28N4O2. The molecule has 2 heterocycles. The second-order valence-corrected chi connectivity index (χ2v) is 8.68. The maximum absolute atomic E-state index is 12.8. The summed E-state index contributed by atoms with van der Waals surface area (Å²) < 4.78 is 7.98. The molecule has 5 rings (SSSR count). The zero-order valence-corrected chi connectivity index (χ0v) is 18.3. The molecule has 2 aliphatic rings. The van der Waals surface area contributed by atoms with Crippen molar-refractivity contribution >= 4 is 11.6 Å². The summed E-state index contributed by atoms with van der Waals surface area (Å²) in [6.07, 6.45) is 2.09. The molecule has 1 fully saturated rings. The number of carbonyl (C=O) groups excluding carboxylic acids is 1. The monoisotopic (exact) mass is 416 g/mol. The van der Waals surface area contributed by atoms with Crippen LogP contribution in [0.1, 0.15) is 59.9 Å². The molecule has 1 aromatic heterocycles. The number of carbonyl (C=O) groups is 1. The summed E-state index contributed by atoms with van der Waals surface area (Å²) in [5, 5.41) is 9.15. The van der Waals surface area contributed by atoms with Crippen LogP contribution >= 0.6 is 0 Å². The van der Waals surface area contributed by atoms with E-state index in [2.05, 4.69) is 58.1 Å². The van der Waals surface area contributed by atoms with Crippen molar-refractivity contribution in [2.24, 2.45) is 0 Å². The third kappa shape index (κ3) is 3.60. The van der Waals surface area contributed by atoms with Crippen molar-refractivity contribution in [3.8, 4) is 5.75 Å². The molecule has 3 aromatic rings. The lowest BCUT2D eigenvalue weighted by Gasteiger charge is -2.30. The molecule has 0 saturated heterocycles. The van der Waals surface area contributed by atoms with E-state index >= 15 is 0 Å². The van der Waals surface area contributed by atoms with E-state index in [4.69, 9.17) is 4.74 Å². The van der Waals surface area contributed by atoms with Crippen molar-refractivity contribution in [3.05, 3.63) is 70.8 Å². The number of hydrogen-bond donors (Lipinski definition) is 0. The fourth-order valence-corrected chi connectivity index (χ4v) is 4.74. The van der Waals surface area contributed by atoms with E-state index in [1.807, 2.05) is 19.9 Å². The van der Waals surface area contributed by atoms with Crippen LogP contribution < -0.4 is 9.64 Å². The molecule has 6 heteroatoms. The van der Waals surface area contributed by atoms with Gasteiger partial charge in [-0.15, -0.1) is 10.2 Å². The Labute approximate surface area is 182 Å². The first-order valence-corrected chi connectivity index (χ1v) is 11.1. The fraction of sp³-hybridized carbons (Fsp3) is 0.400. The lowest BCUT2D eigenvalue weighted by atomic mass is 10.1. The molecule has 1 saturated carbocycles. The third-order valence-electron chi connectivity index (χ3n) is 6.28. The van der Waals surface area contributed by atoms with Gasteiger partial charge >= 0.3 is 0 Å². The highest BCUT2D eigenvalue weighted by Crippen LogP contribution is 2.54. The number of anilines is 1. The van der Waals surface area contributed by atoms with E-state index in [-0.39, 0.29) is 12.5 Å². The van der Waals surface area contributed by atoms with Gasteiger partial charge < -0.3 is 9.30 Å².